The fraction of sp³-hybridized carbons (Fsp3) is 0.556. The first-order valence-electron chi connectivity index (χ1n) is 5.04. The summed E-state index contributed by atoms with van der Waals surface area (Å²) < 4.78 is 35.5. The van der Waals surface area contributed by atoms with E-state index in [1.807, 2.05) is 0 Å². The number of nitrogens with zero attached hydrogens (tertiary/aromatic N) is 1. The molecule has 0 fully saturated rings. The molecule has 0 aromatic carbocycles. The van der Waals surface area contributed by atoms with Crippen molar-refractivity contribution in [3.05, 3.63) is 10.6 Å². The van der Waals surface area contributed by atoms with Gasteiger partial charge in [0, 0.05) is 4.88 Å². The molecule has 8 heteroatoms. The van der Waals surface area contributed by atoms with Crippen LogP contribution in [-0.4, -0.2) is 23.7 Å². The zero-order chi connectivity index (χ0) is 12.5. The number of amides is 2. The maximum absolute atomic E-state index is 11.8. The number of nitrogens with one attached hydrogen (secondary N) is 2. The van der Waals surface area contributed by atoms with Crippen molar-refractivity contribution >= 4 is 22.5 Å². The number of fused-ring (bicyclic) bond motifs is 1. The van der Waals surface area contributed by atoms with E-state index in [4.69, 9.17) is 0 Å². The Morgan fingerprint density at radius 3 is 2.82 bits per heavy atom. The van der Waals surface area contributed by atoms with Gasteiger partial charge in [0.1, 0.15) is 6.54 Å². The van der Waals surface area contributed by atoms with Gasteiger partial charge in [-0.3, -0.25) is 5.32 Å². The van der Waals surface area contributed by atoms with E-state index in [1.54, 1.807) is 5.32 Å². The summed E-state index contributed by atoms with van der Waals surface area (Å²) in [4.78, 5) is 16.4. The number of hydrogen-bond acceptors (Lipinski definition) is 3. The van der Waals surface area contributed by atoms with Crippen molar-refractivity contribution in [2.24, 2.45) is 0 Å². The molecule has 0 bridgehead atoms. The molecule has 2 N–H and O–H groups in total. The highest BCUT2D eigenvalue weighted by Gasteiger charge is 2.28. The molecule has 1 aromatic rings. The summed E-state index contributed by atoms with van der Waals surface area (Å²) in [6, 6.07) is -0.880. The summed E-state index contributed by atoms with van der Waals surface area (Å²) in [7, 11) is 0. The second-order valence-electron chi connectivity index (χ2n) is 3.67. The number of carbonyl (C=O) groups is 1. The molecular weight excluding hydrogens is 255 g/mol. The number of hydrogen-bond donors (Lipinski definition) is 2. The molecule has 1 aromatic heterocycles. The lowest BCUT2D eigenvalue weighted by Gasteiger charge is -2.07. The van der Waals surface area contributed by atoms with E-state index in [2.05, 4.69) is 10.3 Å². The minimum atomic E-state index is -4.40. The lowest BCUT2D eigenvalue weighted by Crippen LogP contribution is -2.36. The Morgan fingerprint density at radius 1 is 1.41 bits per heavy atom. The van der Waals surface area contributed by atoms with Crippen LogP contribution >= 0.6 is 11.3 Å². The predicted octanol–water partition coefficient (Wildman–Crippen LogP) is 2.32. The van der Waals surface area contributed by atoms with E-state index in [0.717, 1.165) is 29.8 Å². The molecule has 0 unspecified atom stereocenters. The van der Waals surface area contributed by atoms with Crippen molar-refractivity contribution in [1.82, 2.24) is 10.3 Å². The lowest BCUT2D eigenvalue weighted by atomic mass is 10.4. The quantitative estimate of drug-likeness (QED) is 0.862. The van der Waals surface area contributed by atoms with Crippen molar-refractivity contribution in [1.29, 1.82) is 0 Å². The zero-order valence-corrected chi connectivity index (χ0v) is 9.54. The minimum Gasteiger partial charge on any atom is -0.329 e. The maximum Gasteiger partial charge on any atom is 0.405 e. The van der Waals surface area contributed by atoms with Gasteiger partial charge in [0.05, 0.1) is 5.69 Å². The van der Waals surface area contributed by atoms with Gasteiger partial charge in [-0.15, -0.1) is 11.3 Å². The summed E-state index contributed by atoms with van der Waals surface area (Å²) in [6.07, 6.45) is -1.55. The third-order valence-corrected chi connectivity index (χ3v) is 3.34. The Morgan fingerprint density at radius 2 is 2.18 bits per heavy atom. The van der Waals surface area contributed by atoms with Gasteiger partial charge in [-0.05, 0) is 19.3 Å². The molecule has 4 nitrogen and oxygen atoms in total. The molecule has 1 aliphatic carbocycles. The van der Waals surface area contributed by atoms with E-state index in [0.29, 0.717) is 5.13 Å². The Bertz CT molecular complexity index is 408. The SMILES string of the molecule is O=C(NCC(F)(F)F)Nc1nc2c(s1)CCC2. The number of rotatable bonds is 2. The first-order valence-corrected chi connectivity index (χ1v) is 5.86. The highest BCUT2D eigenvalue weighted by Crippen LogP contribution is 2.30. The lowest BCUT2D eigenvalue weighted by molar-refractivity contribution is -0.122. The molecule has 0 radical (unpaired) electrons. The van der Waals surface area contributed by atoms with Crippen molar-refractivity contribution in [3.63, 3.8) is 0 Å². The third kappa shape index (κ3) is 3.32. The van der Waals surface area contributed by atoms with Gasteiger partial charge >= 0.3 is 12.2 Å². The van der Waals surface area contributed by atoms with Crippen LogP contribution in [0.4, 0.5) is 23.1 Å². The summed E-state index contributed by atoms with van der Waals surface area (Å²) in [5.74, 6) is 0. The van der Waals surface area contributed by atoms with Crippen LogP contribution in [0.2, 0.25) is 0 Å². The average molecular weight is 265 g/mol. The van der Waals surface area contributed by atoms with Crippen molar-refractivity contribution < 1.29 is 18.0 Å². The molecule has 0 aliphatic heterocycles. The number of halogens is 3. The Balaban J connectivity index is 1.86. The van der Waals surface area contributed by atoms with Crippen LogP contribution in [-0.2, 0) is 12.8 Å². The Labute approximate surface area is 99.2 Å². The molecule has 0 saturated heterocycles. The number of carbonyl (C=O) groups excluding carboxylic acids is 1. The van der Waals surface area contributed by atoms with Crippen molar-refractivity contribution in [2.45, 2.75) is 25.4 Å². The Kier molecular flexibility index (Phi) is 3.23. The molecule has 0 spiro atoms. The van der Waals surface area contributed by atoms with Gasteiger partial charge in [0.25, 0.3) is 0 Å². The van der Waals surface area contributed by atoms with Crippen molar-refractivity contribution in [2.75, 3.05) is 11.9 Å². The largest absolute Gasteiger partial charge is 0.405 e. The molecule has 1 aliphatic rings. The second-order valence-corrected chi connectivity index (χ2v) is 4.75. The molecule has 94 valence electrons. The summed E-state index contributed by atoms with van der Waals surface area (Å²) in [6.45, 7) is -1.34. The molecule has 2 rings (SSSR count). The first-order chi connectivity index (χ1) is 7.94. The topological polar surface area (TPSA) is 54.0 Å². The summed E-state index contributed by atoms with van der Waals surface area (Å²) in [5, 5.41) is 4.38. The van der Waals surface area contributed by atoms with Crippen molar-refractivity contribution in [3.8, 4) is 0 Å². The van der Waals surface area contributed by atoms with E-state index in [-0.39, 0.29) is 0 Å². The van der Waals surface area contributed by atoms with Gasteiger partial charge in [-0.25, -0.2) is 9.78 Å². The van der Waals surface area contributed by atoms with E-state index >= 15 is 0 Å². The van der Waals surface area contributed by atoms with Crippen LogP contribution in [0, 0.1) is 0 Å². The van der Waals surface area contributed by atoms with Gasteiger partial charge < -0.3 is 5.32 Å². The van der Waals surface area contributed by atoms with Crippen LogP contribution in [0.25, 0.3) is 0 Å². The molecule has 2 amide bonds. The predicted molar refractivity (Wildman–Crippen MR) is 57.2 cm³/mol. The highest BCUT2D eigenvalue weighted by molar-refractivity contribution is 7.15. The normalized spacial score (nSPS) is 14.5. The molecular formula is C9H10F3N3OS. The van der Waals surface area contributed by atoms with Gasteiger partial charge in [-0.2, -0.15) is 13.2 Å². The molecule has 0 saturated carbocycles. The van der Waals surface area contributed by atoms with Crippen LogP contribution < -0.4 is 10.6 Å². The number of thiazole rings is 1. The molecule has 1 heterocycles. The summed E-state index contributed by atoms with van der Waals surface area (Å²) in [5.41, 5.74) is 0.945. The Hall–Kier alpha value is -1.31. The molecule has 0 atom stereocenters. The average Bonchev–Trinajstić information content (AvgIpc) is 2.73. The van der Waals surface area contributed by atoms with E-state index in [9.17, 15) is 18.0 Å². The van der Waals surface area contributed by atoms with E-state index in [1.165, 1.54) is 11.3 Å². The number of aryl methyl sites for hydroxylation is 2. The number of aromatic nitrogens is 1. The van der Waals surface area contributed by atoms with Gasteiger partial charge in [-0.1, -0.05) is 0 Å². The smallest absolute Gasteiger partial charge is 0.329 e. The number of alkyl halides is 3. The first kappa shape index (κ1) is 12.2. The minimum absolute atomic E-state index is 0.356. The number of urea groups is 1. The van der Waals surface area contributed by atoms with Crippen LogP contribution in [0.3, 0.4) is 0 Å². The zero-order valence-electron chi connectivity index (χ0n) is 8.73. The van der Waals surface area contributed by atoms with E-state index < -0.39 is 18.8 Å². The fourth-order valence-electron chi connectivity index (χ4n) is 1.57. The van der Waals surface area contributed by atoms with Crippen LogP contribution in [0.1, 0.15) is 17.0 Å². The van der Waals surface area contributed by atoms with Crippen LogP contribution in [0.15, 0.2) is 0 Å². The second kappa shape index (κ2) is 4.52. The van der Waals surface area contributed by atoms with Crippen LogP contribution in [0.5, 0.6) is 0 Å². The van der Waals surface area contributed by atoms with Gasteiger partial charge in [0.2, 0.25) is 0 Å². The number of anilines is 1. The standard InChI is InChI=1S/C9H10F3N3OS/c10-9(11,12)4-13-7(16)15-8-14-5-2-1-3-6(5)17-8/h1-4H2,(H2,13,14,15,16). The summed E-state index contributed by atoms with van der Waals surface area (Å²) >= 11 is 1.32. The third-order valence-electron chi connectivity index (χ3n) is 2.27. The highest BCUT2D eigenvalue weighted by atomic mass is 32.1. The monoisotopic (exact) mass is 265 g/mol. The van der Waals surface area contributed by atoms with Gasteiger partial charge in [0.15, 0.2) is 5.13 Å². The molecule has 17 heavy (non-hydrogen) atoms. The maximum atomic E-state index is 11.8. The fourth-order valence-corrected chi connectivity index (χ4v) is 2.61.